The van der Waals surface area contributed by atoms with Crippen LogP contribution >= 0.6 is 15.9 Å². The average molecular weight is 335 g/mol. The van der Waals surface area contributed by atoms with E-state index in [-0.39, 0.29) is 5.91 Å². The number of nitrogens with zero attached hydrogens (tertiary/aromatic N) is 1. The SMILES string of the molecule is C[C@H]1CCc2onc(C(=O)Nc3ccc(Br)cc3)c2C1. The highest BCUT2D eigenvalue weighted by Crippen LogP contribution is 2.28. The van der Waals surface area contributed by atoms with Crippen molar-refractivity contribution in [2.75, 3.05) is 5.32 Å². The van der Waals surface area contributed by atoms with Crippen LogP contribution < -0.4 is 5.32 Å². The molecule has 20 heavy (non-hydrogen) atoms. The number of halogens is 1. The Labute approximate surface area is 125 Å². The maximum absolute atomic E-state index is 12.3. The van der Waals surface area contributed by atoms with Gasteiger partial charge in [0.25, 0.3) is 5.91 Å². The van der Waals surface area contributed by atoms with Gasteiger partial charge in [-0.2, -0.15) is 0 Å². The van der Waals surface area contributed by atoms with Crippen LogP contribution in [-0.2, 0) is 12.8 Å². The van der Waals surface area contributed by atoms with Gasteiger partial charge in [-0.1, -0.05) is 28.0 Å². The molecule has 1 aromatic carbocycles. The normalized spacial score (nSPS) is 17.6. The van der Waals surface area contributed by atoms with E-state index >= 15 is 0 Å². The molecule has 1 aliphatic rings. The van der Waals surface area contributed by atoms with Crippen LogP contribution in [0.4, 0.5) is 5.69 Å². The maximum atomic E-state index is 12.3. The number of hydrogen-bond acceptors (Lipinski definition) is 3. The van der Waals surface area contributed by atoms with Gasteiger partial charge in [-0.05, 0) is 43.0 Å². The number of rotatable bonds is 2. The fourth-order valence-electron chi connectivity index (χ4n) is 2.48. The Kier molecular flexibility index (Phi) is 3.61. The van der Waals surface area contributed by atoms with Gasteiger partial charge in [0.05, 0.1) is 0 Å². The van der Waals surface area contributed by atoms with E-state index in [1.54, 1.807) is 0 Å². The van der Waals surface area contributed by atoms with Crippen LogP contribution in [-0.4, -0.2) is 11.1 Å². The predicted octanol–water partition coefficient (Wildman–Crippen LogP) is 3.81. The zero-order chi connectivity index (χ0) is 14.1. The molecule has 0 spiro atoms. The van der Waals surface area contributed by atoms with Gasteiger partial charge in [0.1, 0.15) is 5.76 Å². The standard InChI is InChI=1S/C15H15BrN2O2/c1-9-2-7-13-12(8-9)14(18-20-13)15(19)17-11-5-3-10(16)4-6-11/h3-6,9H,2,7-8H2,1H3,(H,17,19)/t9-/m0/s1. The summed E-state index contributed by atoms with van der Waals surface area (Å²) in [5, 5.41) is 6.80. The van der Waals surface area contributed by atoms with Crippen molar-refractivity contribution in [2.45, 2.75) is 26.2 Å². The highest BCUT2D eigenvalue weighted by Gasteiger charge is 2.26. The molecule has 0 unspecified atom stereocenters. The van der Waals surface area contributed by atoms with Crippen molar-refractivity contribution in [1.82, 2.24) is 5.16 Å². The van der Waals surface area contributed by atoms with E-state index in [0.717, 1.165) is 40.7 Å². The summed E-state index contributed by atoms with van der Waals surface area (Å²) >= 11 is 3.37. The van der Waals surface area contributed by atoms with Crippen molar-refractivity contribution >= 4 is 27.5 Å². The number of amides is 1. The molecule has 1 heterocycles. The first-order valence-electron chi connectivity index (χ1n) is 6.68. The number of anilines is 1. The molecule has 0 aliphatic heterocycles. The molecule has 0 saturated heterocycles. The highest BCUT2D eigenvalue weighted by molar-refractivity contribution is 9.10. The number of hydrogen-bond donors (Lipinski definition) is 1. The van der Waals surface area contributed by atoms with Crippen molar-refractivity contribution in [2.24, 2.45) is 5.92 Å². The number of nitrogens with one attached hydrogen (secondary N) is 1. The first-order valence-corrected chi connectivity index (χ1v) is 7.47. The second kappa shape index (κ2) is 5.40. The Bertz CT molecular complexity index is 634. The second-order valence-electron chi connectivity index (χ2n) is 5.24. The molecule has 4 nitrogen and oxygen atoms in total. The number of carbonyl (C=O) groups is 1. The van der Waals surface area contributed by atoms with Gasteiger partial charge in [0, 0.05) is 22.1 Å². The molecule has 1 N–H and O–H groups in total. The summed E-state index contributed by atoms with van der Waals surface area (Å²) in [6, 6.07) is 7.46. The van der Waals surface area contributed by atoms with Crippen LogP contribution in [0.25, 0.3) is 0 Å². The molecule has 0 saturated carbocycles. The maximum Gasteiger partial charge on any atom is 0.278 e. The predicted molar refractivity (Wildman–Crippen MR) is 79.8 cm³/mol. The molecule has 2 aromatic rings. The van der Waals surface area contributed by atoms with Crippen molar-refractivity contribution < 1.29 is 9.32 Å². The summed E-state index contributed by atoms with van der Waals surface area (Å²) in [5.41, 5.74) is 2.15. The van der Waals surface area contributed by atoms with Gasteiger partial charge in [0.2, 0.25) is 0 Å². The number of aromatic nitrogens is 1. The van der Waals surface area contributed by atoms with E-state index in [1.807, 2.05) is 24.3 Å². The summed E-state index contributed by atoms with van der Waals surface area (Å²) < 4.78 is 6.27. The third-order valence-electron chi connectivity index (χ3n) is 3.60. The molecule has 1 aliphatic carbocycles. The first kappa shape index (κ1) is 13.4. The lowest BCUT2D eigenvalue weighted by molar-refractivity contribution is 0.101. The largest absolute Gasteiger partial charge is 0.360 e. The van der Waals surface area contributed by atoms with Gasteiger partial charge in [-0.15, -0.1) is 0 Å². The van der Waals surface area contributed by atoms with E-state index in [1.165, 1.54) is 0 Å². The van der Waals surface area contributed by atoms with Crippen LogP contribution in [0.15, 0.2) is 33.3 Å². The fraction of sp³-hybridized carbons (Fsp3) is 0.333. The zero-order valence-electron chi connectivity index (χ0n) is 11.1. The second-order valence-corrected chi connectivity index (χ2v) is 6.16. The molecule has 104 valence electrons. The summed E-state index contributed by atoms with van der Waals surface area (Å²) in [6.07, 6.45) is 2.83. The Morgan fingerprint density at radius 1 is 1.40 bits per heavy atom. The zero-order valence-corrected chi connectivity index (χ0v) is 12.7. The van der Waals surface area contributed by atoms with Crippen LogP contribution in [0, 0.1) is 5.92 Å². The van der Waals surface area contributed by atoms with E-state index in [0.29, 0.717) is 11.6 Å². The molecular weight excluding hydrogens is 320 g/mol. The lowest BCUT2D eigenvalue weighted by Crippen LogP contribution is -2.17. The summed E-state index contributed by atoms with van der Waals surface area (Å²) in [4.78, 5) is 12.3. The van der Waals surface area contributed by atoms with Crippen LogP contribution in [0.1, 0.15) is 35.2 Å². The van der Waals surface area contributed by atoms with Crippen LogP contribution in [0.3, 0.4) is 0 Å². The third kappa shape index (κ3) is 2.63. The Morgan fingerprint density at radius 2 is 2.15 bits per heavy atom. The van der Waals surface area contributed by atoms with Gasteiger partial charge in [0.15, 0.2) is 5.69 Å². The van der Waals surface area contributed by atoms with Gasteiger partial charge >= 0.3 is 0 Å². The van der Waals surface area contributed by atoms with Crippen molar-refractivity contribution in [3.8, 4) is 0 Å². The third-order valence-corrected chi connectivity index (χ3v) is 4.13. The summed E-state index contributed by atoms with van der Waals surface area (Å²) in [6.45, 7) is 2.19. The summed E-state index contributed by atoms with van der Waals surface area (Å²) in [7, 11) is 0. The Balaban J connectivity index is 1.81. The van der Waals surface area contributed by atoms with Crippen molar-refractivity contribution in [3.05, 3.63) is 45.8 Å². The quantitative estimate of drug-likeness (QED) is 0.908. The van der Waals surface area contributed by atoms with E-state index < -0.39 is 0 Å². The number of benzene rings is 1. The monoisotopic (exact) mass is 334 g/mol. The molecule has 5 heteroatoms. The average Bonchev–Trinajstić information content (AvgIpc) is 2.84. The lowest BCUT2D eigenvalue weighted by Gasteiger charge is -2.16. The molecule has 1 amide bonds. The van der Waals surface area contributed by atoms with E-state index in [9.17, 15) is 4.79 Å². The highest BCUT2D eigenvalue weighted by atomic mass is 79.9. The lowest BCUT2D eigenvalue weighted by atomic mass is 9.88. The molecular formula is C15H15BrN2O2. The minimum atomic E-state index is -0.202. The fourth-order valence-corrected chi connectivity index (χ4v) is 2.74. The van der Waals surface area contributed by atoms with Crippen molar-refractivity contribution in [1.29, 1.82) is 0 Å². The molecule has 0 fully saturated rings. The Morgan fingerprint density at radius 3 is 2.90 bits per heavy atom. The molecule has 1 atom stereocenters. The Hall–Kier alpha value is -1.62. The van der Waals surface area contributed by atoms with E-state index in [2.05, 4.69) is 33.3 Å². The smallest absolute Gasteiger partial charge is 0.278 e. The number of fused-ring (bicyclic) bond motifs is 1. The van der Waals surface area contributed by atoms with E-state index in [4.69, 9.17) is 4.52 Å². The minimum Gasteiger partial charge on any atom is -0.360 e. The van der Waals surface area contributed by atoms with Gasteiger partial charge in [-0.25, -0.2) is 0 Å². The first-order chi connectivity index (χ1) is 9.63. The molecule has 0 bridgehead atoms. The number of carbonyl (C=O) groups excluding carboxylic acids is 1. The van der Waals surface area contributed by atoms with Crippen LogP contribution in [0.2, 0.25) is 0 Å². The number of aryl methyl sites for hydroxylation is 1. The summed E-state index contributed by atoms with van der Waals surface area (Å²) in [5.74, 6) is 1.23. The minimum absolute atomic E-state index is 0.202. The molecule has 3 rings (SSSR count). The van der Waals surface area contributed by atoms with Gasteiger partial charge in [-0.3, -0.25) is 4.79 Å². The van der Waals surface area contributed by atoms with Crippen molar-refractivity contribution in [3.63, 3.8) is 0 Å². The molecule has 1 aromatic heterocycles. The molecule has 0 radical (unpaired) electrons. The van der Waals surface area contributed by atoms with Gasteiger partial charge < -0.3 is 9.84 Å². The topological polar surface area (TPSA) is 55.1 Å². The van der Waals surface area contributed by atoms with Crippen LogP contribution in [0.5, 0.6) is 0 Å².